The Morgan fingerprint density at radius 3 is 2.82 bits per heavy atom. The fourth-order valence-electron chi connectivity index (χ4n) is 3.84. The molecule has 0 amide bonds. The summed E-state index contributed by atoms with van der Waals surface area (Å²) in [5.41, 5.74) is 0. The molecule has 1 saturated heterocycles. The maximum absolute atomic E-state index is 13.0. The van der Waals surface area contributed by atoms with E-state index < -0.39 is 22.0 Å². The van der Waals surface area contributed by atoms with Crippen LogP contribution in [0.4, 0.5) is 0 Å². The summed E-state index contributed by atoms with van der Waals surface area (Å²) in [5.74, 6) is -0.900. The smallest absolute Gasteiger partial charge is 0.322 e. The zero-order chi connectivity index (χ0) is 15.9. The average molecular weight is 327 g/mol. The van der Waals surface area contributed by atoms with Crippen molar-refractivity contribution < 1.29 is 18.3 Å². The number of carboxylic acid groups (broad SMARTS) is 1. The Bertz CT molecular complexity index is 669. The summed E-state index contributed by atoms with van der Waals surface area (Å²) >= 11 is 0. The van der Waals surface area contributed by atoms with Gasteiger partial charge < -0.3 is 9.67 Å². The molecule has 1 aromatic rings. The van der Waals surface area contributed by atoms with Crippen molar-refractivity contribution in [1.82, 2.24) is 13.9 Å². The highest BCUT2D eigenvalue weighted by Crippen LogP contribution is 2.42. The Hall–Kier alpha value is -1.41. The van der Waals surface area contributed by atoms with Crippen molar-refractivity contribution in [2.45, 2.75) is 62.7 Å². The lowest BCUT2D eigenvalue weighted by Gasteiger charge is -2.32. The van der Waals surface area contributed by atoms with Gasteiger partial charge in [-0.3, -0.25) is 4.79 Å². The van der Waals surface area contributed by atoms with Crippen LogP contribution in [0.1, 0.15) is 39.0 Å². The van der Waals surface area contributed by atoms with E-state index in [2.05, 4.69) is 4.98 Å². The largest absolute Gasteiger partial charge is 0.480 e. The quantitative estimate of drug-likeness (QED) is 0.900. The van der Waals surface area contributed by atoms with Gasteiger partial charge in [0.2, 0.25) is 0 Å². The maximum atomic E-state index is 13.0. The van der Waals surface area contributed by atoms with Gasteiger partial charge >= 0.3 is 5.97 Å². The summed E-state index contributed by atoms with van der Waals surface area (Å²) in [6, 6.07) is -1.15. The molecule has 2 heterocycles. The number of sulfonamides is 1. The molecule has 3 unspecified atom stereocenters. The number of carboxylic acids is 1. The third-order valence-electron chi connectivity index (χ3n) is 4.87. The summed E-state index contributed by atoms with van der Waals surface area (Å²) in [6.07, 6.45) is 6.85. The highest BCUT2D eigenvalue weighted by atomic mass is 32.2. The Balaban J connectivity index is 2.04. The first-order chi connectivity index (χ1) is 10.5. The second kappa shape index (κ2) is 5.66. The van der Waals surface area contributed by atoms with Gasteiger partial charge in [0.05, 0.1) is 12.5 Å². The SMILES string of the molecule is CCn1cncc1S(=O)(=O)N1C(C(=O)O)CC2CCCCC21. The van der Waals surface area contributed by atoms with E-state index in [0.29, 0.717) is 13.0 Å². The van der Waals surface area contributed by atoms with Crippen molar-refractivity contribution in [2.24, 2.45) is 5.92 Å². The number of fused-ring (bicyclic) bond motifs is 1. The lowest BCUT2D eigenvalue weighted by Crippen LogP contribution is -2.46. The number of hydrogen-bond acceptors (Lipinski definition) is 4. The van der Waals surface area contributed by atoms with E-state index in [1.54, 1.807) is 4.57 Å². The van der Waals surface area contributed by atoms with E-state index >= 15 is 0 Å². The van der Waals surface area contributed by atoms with Gasteiger partial charge in [-0.15, -0.1) is 0 Å². The predicted molar refractivity (Wildman–Crippen MR) is 78.7 cm³/mol. The molecule has 1 saturated carbocycles. The summed E-state index contributed by atoms with van der Waals surface area (Å²) in [7, 11) is -3.85. The molecule has 2 fully saturated rings. The van der Waals surface area contributed by atoms with Gasteiger partial charge in [-0.1, -0.05) is 12.8 Å². The van der Waals surface area contributed by atoms with E-state index in [1.165, 1.54) is 16.8 Å². The van der Waals surface area contributed by atoms with Gasteiger partial charge in [0.1, 0.15) is 6.04 Å². The molecule has 0 bridgehead atoms. The second-order valence-electron chi connectivity index (χ2n) is 6.05. The Morgan fingerprint density at radius 2 is 2.14 bits per heavy atom. The number of aromatic nitrogens is 2. The Labute approximate surface area is 130 Å². The third kappa shape index (κ3) is 2.34. The molecule has 2 aliphatic rings. The first-order valence-electron chi connectivity index (χ1n) is 7.73. The minimum absolute atomic E-state index is 0.0903. The number of aliphatic carboxylic acids is 1. The molecule has 0 aromatic carbocycles. The fourth-order valence-corrected chi connectivity index (χ4v) is 5.87. The van der Waals surface area contributed by atoms with Gasteiger partial charge in [0, 0.05) is 12.6 Å². The van der Waals surface area contributed by atoms with Crippen molar-refractivity contribution in [3.63, 3.8) is 0 Å². The number of aryl methyl sites for hydroxylation is 1. The maximum Gasteiger partial charge on any atom is 0.322 e. The number of carbonyl (C=O) groups is 1. The van der Waals surface area contributed by atoms with Crippen LogP contribution in [0.5, 0.6) is 0 Å². The van der Waals surface area contributed by atoms with Gasteiger partial charge in [-0.25, -0.2) is 13.4 Å². The lowest BCUT2D eigenvalue weighted by atomic mass is 9.85. The van der Waals surface area contributed by atoms with E-state index in [1.807, 2.05) is 6.92 Å². The van der Waals surface area contributed by atoms with Crippen molar-refractivity contribution in [3.8, 4) is 0 Å². The zero-order valence-corrected chi connectivity index (χ0v) is 13.4. The van der Waals surface area contributed by atoms with E-state index in [9.17, 15) is 18.3 Å². The molecule has 122 valence electrons. The molecular weight excluding hydrogens is 306 g/mol. The number of imidazole rings is 1. The first kappa shape index (κ1) is 15.5. The van der Waals surface area contributed by atoms with Crippen LogP contribution in [0, 0.1) is 5.92 Å². The van der Waals surface area contributed by atoms with Gasteiger partial charge in [0.25, 0.3) is 10.0 Å². The van der Waals surface area contributed by atoms with Crippen LogP contribution in [-0.4, -0.2) is 45.4 Å². The fraction of sp³-hybridized carbons (Fsp3) is 0.714. The van der Waals surface area contributed by atoms with Crippen LogP contribution >= 0.6 is 0 Å². The highest BCUT2D eigenvalue weighted by Gasteiger charge is 2.51. The van der Waals surface area contributed by atoms with Crippen molar-refractivity contribution >= 4 is 16.0 Å². The van der Waals surface area contributed by atoms with E-state index in [4.69, 9.17) is 0 Å². The van der Waals surface area contributed by atoms with Crippen molar-refractivity contribution in [3.05, 3.63) is 12.5 Å². The molecule has 3 atom stereocenters. The second-order valence-corrected chi connectivity index (χ2v) is 7.84. The molecule has 7 nitrogen and oxygen atoms in total. The number of rotatable bonds is 4. The van der Waals surface area contributed by atoms with Gasteiger partial charge in [-0.2, -0.15) is 4.31 Å². The summed E-state index contributed by atoms with van der Waals surface area (Å²) in [4.78, 5) is 15.5. The van der Waals surface area contributed by atoms with Gasteiger partial charge in [0.15, 0.2) is 5.03 Å². The Morgan fingerprint density at radius 1 is 1.41 bits per heavy atom. The molecule has 0 radical (unpaired) electrons. The predicted octanol–water partition coefficient (Wildman–Crippen LogP) is 1.31. The van der Waals surface area contributed by atoms with Crippen molar-refractivity contribution in [1.29, 1.82) is 0 Å². The molecule has 3 rings (SSSR count). The van der Waals surface area contributed by atoms with Gasteiger partial charge in [-0.05, 0) is 32.1 Å². The third-order valence-corrected chi connectivity index (χ3v) is 6.82. The minimum atomic E-state index is -3.85. The molecular formula is C14H21N3O4S. The molecule has 1 N–H and O–H groups in total. The van der Waals surface area contributed by atoms with Crippen LogP contribution in [0.3, 0.4) is 0 Å². The van der Waals surface area contributed by atoms with Crippen LogP contribution < -0.4 is 0 Å². The topological polar surface area (TPSA) is 92.5 Å². The summed E-state index contributed by atoms with van der Waals surface area (Å²) in [5, 5.41) is 9.58. The van der Waals surface area contributed by atoms with Crippen LogP contribution in [0.25, 0.3) is 0 Å². The molecule has 8 heteroatoms. The zero-order valence-electron chi connectivity index (χ0n) is 12.6. The van der Waals surface area contributed by atoms with Crippen molar-refractivity contribution in [2.75, 3.05) is 0 Å². The molecule has 0 spiro atoms. The van der Waals surface area contributed by atoms with E-state index in [-0.39, 0.29) is 17.0 Å². The lowest BCUT2D eigenvalue weighted by molar-refractivity contribution is -0.141. The van der Waals surface area contributed by atoms with E-state index in [0.717, 1.165) is 25.7 Å². The number of nitrogens with zero attached hydrogens (tertiary/aromatic N) is 3. The molecule has 22 heavy (non-hydrogen) atoms. The monoisotopic (exact) mass is 327 g/mol. The first-order valence-corrected chi connectivity index (χ1v) is 9.17. The Kier molecular flexibility index (Phi) is 3.98. The molecule has 1 aliphatic heterocycles. The molecule has 1 aliphatic carbocycles. The summed E-state index contributed by atoms with van der Waals surface area (Å²) in [6.45, 7) is 2.32. The summed E-state index contributed by atoms with van der Waals surface area (Å²) < 4.78 is 28.9. The average Bonchev–Trinajstić information content (AvgIpc) is 3.11. The minimum Gasteiger partial charge on any atom is -0.480 e. The standard InChI is InChI=1S/C14H21N3O4S/c1-2-16-9-15-8-13(16)22(20,21)17-11-6-4-3-5-10(11)7-12(17)14(18)19/h8-12H,2-7H2,1H3,(H,18,19). The highest BCUT2D eigenvalue weighted by molar-refractivity contribution is 7.89. The van der Waals surface area contributed by atoms with Crippen LogP contribution in [0.2, 0.25) is 0 Å². The van der Waals surface area contributed by atoms with Crippen LogP contribution in [0.15, 0.2) is 17.6 Å². The number of hydrogen-bond donors (Lipinski definition) is 1. The van der Waals surface area contributed by atoms with Crippen LogP contribution in [-0.2, 0) is 21.4 Å². The molecule has 1 aromatic heterocycles. The normalized spacial score (nSPS) is 29.4.